The molecule has 0 N–H and O–H groups in total. The van der Waals surface area contributed by atoms with E-state index in [0.717, 1.165) is 5.75 Å². The molecule has 0 amide bonds. The largest absolute Gasteiger partial charge is 0.185 e. The zero-order valence-electron chi connectivity index (χ0n) is 6.86. The first-order valence-electron chi connectivity index (χ1n) is 3.88. The Bertz CT molecular complexity index is 453. The molecule has 0 spiro atoms. The summed E-state index contributed by atoms with van der Waals surface area (Å²) in [6.45, 7) is 0. The standard InChI is InChI=1S/C10H7NS2/c11-7-12-5-8-6-13-10-4-2-1-3-9(8)10/h1-4,6H,5H2. The summed E-state index contributed by atoms with van der Waals surface area (Å²) in [5, 5.41) is 14.0. The Morgan fingerprint density at radius 3 is 3.08 bits per heavy atom. The lowest BCUT2D eigenvalue weighted by Gasteiger charge is -1.92. The SMILES string of the molecule is N#CSCc1csc2ccccc12. The molecule has 2 rings (SSSR count). The Morgan fingerprint density at radius 1 is 1.38 bits per heavy atom. The molecule has 64 valence electrons. The molecule has 1 nitrogen and oxygen atoms in total. The summed E-state index contributed by atoms with van der Waals surface area (Å²) in [4.78, 5) is 0. The van der Waals surface area contributed by atoms with E-state index >= 15 is 0 Å². The van der Waals surface area contributed by atoms with E-state index in [4.69, 9.17) is 5.26 Å². The number of nitriles is 1. The van der Waals surface area contributed by atoms with Gasteiger partial charge in [-0.3, -0.25) is 0 Å². The minimum atomic E-state index is 0.792. The number of thiocyanates is 1. The zero-order valence-corrected chi connectivity index (χ0v) is 8.49. The van der Waals surface area contributed by atoms with E-state index in [-0.39, 0.29) is 0 Å². The molecule has 0 aliphatic heterocycles. The number of hydrogen-bond acceptors (Lipinski definition) is 3. The Kier molecular flexibility index (Phi) is 2.53. The normalized spacial score (nSPS) is 10.1. The van der Waals surface area contributed by atoms with Gasteiger partial charge in [-0.05, 0) is 34.2 Å². The maximum Gasteiger partial charge on any atom is 0.133 e. The third-order valence-corrected chi connectivity index (χ3v) is 3.45. The van der Waals surface area contributed by atoms with E-state index in [1.165, 1.54) is 27.4 Å². The van der Waals surface area contributed by atoms with Gasteiger partial charge in [-0.1, -0.05) is 18.2 Å². The highest BCUT2D eigenvalue weighted by Crippen LogP contribution is 2.28. The zero-order chi connectivity index (χ0) is 9.10. The van der Waals surface area contributed by atoms with Crippen LogP contribution < -0.4 is 0 Å². The number of hydrogen-bond donors (Lipinski definition) is 0. The third-order valence-electron chi connectivity index (χ3n) is 1.85. The first-order valence-corrected chi connectivity index (χ1v) is 5.74. The summed E-state index contributed by atoms with van der Waals surface area (Å²) < 4.78 is 1.30. The molecule has 2 aromatic rings. The second-order valence-corrected chi connectivity index (χ2v) is 4.31. The van der Waals surface area contributed by atoms with Crippen LogP contribution in [0.1, 0.15) is 5.56 Å². The van der Waals surface area contributed by atoms with Crippen molar-refractivity contribution in [1.82, 2.24) is 0 Å². The average molecular weight is 205 g/mol. The maximum absolute atomic E-state index is 8.45. The lowest BCUT2D eigenvalue weighted by Crippen LogP contribution is -1.73. The van der Waals surface area contributed by atoms with Gasteiger partial charge >= 0.3 is 0 Å². The van der Waals surface area contributed by atoms with Gasteiger partial charge in [-0.2, -0.15) is 5.26 Å². The predicted octanol–water partition coefficient (Wildman–Crippen LogP) is 3.62. The minimum Gasteiger partial charge on any atom is -0.185 e. The van der Waals surface area contributed by atoms with Gasteiger partial charge in [-0.25, -0.2) is 0 Å². The van der Waals surface area contributed by atoms with Crippen molar-refractivity contribution >= 4 is 33.2 Å². The number of rotatable bonds is 2. The van der Waals surface area contributed by atoms with Crippen LogP contribution >= 0.6 is 23.1 Å². The Morgan fingerprint density at radius 2 is 2.23 bits per heavy atom. The summed E-state index contributed by atoms with van der Waals surface area (Å²) in [5.41, 5.74) is 1.27. The lowest BCUT2D eigenvalue weighted by atomic mass is 10.2. The fraction of sp³-hybridized carbons (Fsp3) is 0.100. The first-order chi connectivity index (χ1) is 6.42. The van der Waals surface area contributed by atoms with Gasteiger partial charge in [0.1, 0.15) is 5.40 Å². The van der Waals surface area contributed by atoms with Crippen LogP contribution in [0.4, 0.5) is 0 Å². The first kappa shape index (κ1) is 8.61. The summed E-state index contributed by atoms with van der Waals surface area (Å²) >= 11 is 3.03. The summed E-state index contributed by atoms with van der Waals surface area (Å²) in [6, 6.07) is 8.30. The molecule has 0 unspecified atom stereocenters. The summed E-state index contributed by atoms with van der Waals surface area (Å²) in [6.07, 6.45) is 0. The lowest BCUT2D eigenvalue weighted by molar-refractivity contribution is 1.51. The Labute approximate surface area is 85.0 Å². The van der Waals surface area contributed by atoms with Crippen molar-refractivity contribution in [3.05, 3.63) is 35.2 Å². The molecule has 3 heteroatoms. The Hall–Kier alpha value is -0.980. The molecular weight excluding hydrogens is 198 g/mol. The van der Waals surface area contributed by atoms with E-state index in [2.05, 4.69) is 22.9 Å². The van der Waals surface area contributed by atoms with Crippen molar-refractivity contribution < 1.29 is 0 Å². The second kappa shape index (κ2) is 3.82. The maximum atomic E-state index is 8.45. The molecule has 0 radical (unpaired) electrons. The van der Waals surface area contributed by atoms with Crippen LogP contribution in [0.15, 0.2) is 29.6 Å². The Balaban J connectivity index is 2.41. The molecule has 0 fully saturated rings. The van der Waals surface area contributed by atoms with Crippen molar-refractivity contribution in [2.75, 3.05) is 0 Å². The van der Waals surface area contributed by atoms with Gasteiger partial charge in [0.05, 0.1) is 0 Å². The van der Waals surface area contributed by atoms with Gasteiger partial charge in [0.25, 0.3) is 0 Å². The highest BCUT2D eigenvalue weighted by atomic mass is 32.2. The fourth-order valence-corrected chi connectivity index (χ4v) is 2.78. The van der Waals surface area contributed by atoms with Crippen LogP contribution in [-0.2, 0) is 5.75 Å². The number of fused-ring (bicyclic) bond motifs is 1. The number of thiophene rings is 1. The third kappa shape index (κ3) is 1.69. The van der Waals surface area contributed by atoms with Crippen molar-refractivity contribution in [3.63, 3.8) is 0 Å². The van der Waals surface area contributed by atoms with Crippen LogP contribution in [0.25, 0.3) is 10.1 Å². The van der Waals surface area contributed by atoms with Gasteiger partial charge in [0, 0.05) is 10.5 Å². The molecule has 1 aromatic carbocycles. The number of nitrogens with zero attached hydrogens (tertiary/aromatic N) is 1. The van der Waals surface area contributed by atoms with Crippen LogP contribution in [-0.4, -0.2) is 0 Å². The van der Waals surface area contributed by atoms with Crippen molar-refractivity contribution in [3.8, 4) is 5.40 Å². The van der Waals surface area contributed by atoms with Crippen LogP contribution in [0.2, 0.25) is 0 Å². The van der Waals surface area contributed by atoms with Gasteiger partial charge in [-0.15, -0.1) is 11.3 Å². The topological polar surface area (TPSA) is 23.8 Å². The van der Waals surface area contributed by atoms with E-state index in [1.807, 2.05) is 12.1 Å². The van der Waals surface area contributed by atoms with Crippen molar-refractivity contribution in [1.29, 1.82) is 5.26 Å². The van der Waals surface area contributed by atoms with Crippen LogP contribution in [0.5, 0.6) is 0 Å². The monoisotopic (exact) mass is 205 g/mol. The van der Waals surface area contributed by atoms with Gasteiger partial charge in [0.15, 0.2) is 0 Å². The van der Waals surface area contributed by atoms with E-state index in [9.17, 15) is 0 Å². The van der Waals surface area contributed by atoms with Gasteiger partial charge < -0.3 is 0 Å². The van der Waals surface area contributed by atoms with E-state index < -0.39 is 0 Å². The van der Waals surface area contributed by atoms with E-state index in [0.29, 0.717) is 0 Å². The highest BCUT2D eigenvalue weighted by molar-refractivity contribution is 8.03. The molecule has 0 bridgehead atoms. The molecule has 1 aromatic heterocycles. The summed E-state index contributed by atoms with van der Waals surface area (Å²) in [7, 11) is 0. The average Bonchev–Trinajstić information content (AvgIpc) is 2.58. The molecule has 1 heterocycles. The molecule has 13 heavy (non-hydrogen) atoms. The molecule has 0 aliphatic rings. The van der Waals surface area contributed by atoms with Crippen LogP contribution in [0.3, 0.4) is 0 Å². The minimum absolute atomic E-state index is 0.792. The molecule has 0 saturated carbocycles. The quantitative estimate of drug-likeness (QED) is 0.699. The molecule has 0 atom stereocenters. The van der Waals surface area contributed by atoms with E-state index in [1.54, 1.807) is 11.3 Å². The second-order valence-electron chi connectivity index (χ2n) is 2.64. The fourth-order valence-electron chi connectivity index (χ4n) is 1.25. The smallest absolute Gasteiger partial charge is 0.133 e. The molecule has 0 aliphatic carbocycles. The molecular formula is C10H7NS2. The van der Waals surface area contributed by atoms with Crippen molar-refractivity contribution in [2.24, 2.45) is 0 Å². The van der Waals surface area contributed by atoms with Crippen molar-refractivity contribution in [2.45, 2.75) is 5.75 Å². The van der Waals surface area contributed by atoms with Crippen LogP contribution in [0, 0.1) is 10.7 Å². The number of benzene rings is 1. The number of thioether (sulfide) groups is 1. The highest BCUT2D eigenvalue weighted by Gasteiger charge is 2.02. The summed E-state index contributed by atoms with van der Waals surface area (Å²) in [5.74, 6) is 0.792. The van der Waals surface area contributed by atoms with Gasteiger partial charge in [0.2, 0.25) is 0 Å². The predicted molar refractivity (Wildman–Crippen MR) is 58.7 cm³/mol. The molecule has 0 saturated heterocycles.